The van der Waals surface area contributed by atoms with E-state index in [0.717, 1.165) is 32.7 Å². The number of nitrogens with zero attached hydrogens (tertiary/aromatic N) is 2. The van der Waals surface area contributed by atoms with Gasteiger partial charge in [-0.05, 0) is 31.0 Å². The maximum atomic E-state index is 5.14. The number of furan rings is 1. The fraction of sp³-hybridized carbons (Fsp3) is 0.412. The highest BCUT2D eigenvalue weighted by Gasteiger charge is 2.19. The molecular weight excluding hydrogens is 248 g/mol. The summed E-state index contributed by atoms with van der Waals surface area (Å²) in [7, 11) is 0. The van der Waals surface area contributed by atoms with Crippen molar-refractivity contribution in [3.8, 4) is 0 Å². The summed E-state index contributed by atoms with van der Waals surface area (Å²) >= 11 is 0. The number of piperazine rings is 1. The van der Waals surface area contributed by atoms with Crippen LogP contribution in [0, 0.1) is 13.8 Å². The van der Waals surface area contributed by atoms with Crippen molar-refractivity contribution in [2.45, 2.75) is 20.4 Å². The molecule has 0 radical (unpaired) electrons. The summed E-state index contributed by atoms with van der Waals surface area (Å²) < 4.78 is 5.14. The monoisotopic (exact) mass is 270 g/mol. The number of anilines is 1. The van der Waals surface area contributed by atoms with E-state index >= 15 is 0 Å². The molecule has 1 saturated heterocycles. The van der Waals surface area contributed by atoms with E-state index in [1.54, 1.807) is 6.26 Å². The summed E-state index contributed by atoms with van der Waals surface area (Å²) in [6.07, 6.45) is 3.60. The molecule has 0 spiro atoms. The lowest BCUT2D eigenvalue weighted by atomic mass is 10.1. The number of para-hydroxylation sites is 1. The van der Waals surface area contributed by atoms with Crippen LogP contribution in [-0.2, 0) is 6.54 Å². The van der Waals surface area contributed by atoms with Gasteiger partial charge in [0.25, 0.3) is 0 Å². The summed E-state index contributed by atoms with van der Waals surface area (Å²) in [5.74, 6) is 0. The van der Waals surface area contributed by atoms with E-state index in [0.29, 0.717) is 0 Å². The van der Waals surface area contributed by atoms with Gasteiger partial charge in [0.1, 0.15) is 0 Å². The molecule has 3 heteroatoms. The lowest BCUT2D eigenvalue weighted by molar-refractivity contribution is 0.249. The van der Waals surface area contributed by atoms with Crippen molar-refractivity contribution in [3.05, 3.63) is 53.5 Å². The Labute approximate surface area is 120 Å². The van der Waals surface area contributed by atoms with E-state index < -0.39 is 0 Å². The molecule has 0 atom stereocenters. The molecule has 1 fully saturated rings. The van der Waals surface area contributed by atoms with Gasteiger partial charge in [0, 0.05) is 44.0 Å². The van der Waals surface area contributed by atoms with Crippen molar-refractivity contribution in [3.63, 3.8) is 0 Å². The van der Waals surface area contributed by atoms with Gasteiger partial charge in [0.15, 0.2) is 0 Å². The number of hydrogen-bond acceptors (Lipinski definition) is 3. The van der Waals surface area contributed by atoms with Gasteiger partial charge in [-0.2, -0.15) is 0 Å². The molecule has 0 saturated carbocycles. The SMILES string of the molecule is Cc1cccc(C)c1N1CCN(Cc2ccoc2)CC1. The number of aryl methyl sites for hydroxylation is 2. The van der Waals surface area contributed by atoms with E-state index in [9.17, 15) is 0 Å². The summed E-state index contributed by atoms with van der Waals surface area (Å²) in [4.78, 5) is 5.02. The Hall–Kier alpha value is -1.74. The van der Waals surface area contributed by atoms with Gasteiger partial charge < -0.3 is 9.32 Å². The standard InChI is InChI=1S/C17H22N2O/c1-14-4-3-5-15(2)17(14)19-9-7-18(8-10-19)12-16-6-11-20-13-16/h3-6,11,13H,7-10,12H2,1-2H3. The van der Waals surface area contributed by atoms with Crippen molar-refractivity contribution >= 4 is 5.69 Å². The van der Waals surface area contributed by atoms with Gasteiger partial charge in [-0.3, -0.25) is 4.90 Å². The zero-order chi connectivity index (χ0) is 13.9. The van der Waals surface area contributed by atoms with Crippen LogP contribution in [0.2, 0.25) is 0 Å². The van der Waals surface area contributed by atoms with Gasteiger partial charge in [0.05, 0.1) is 12.5 Å². The normalized spacial score (nSPS) is 16.6. The molecule has 1 aliphatic heterocycles. The minimum absolute atomic E-state index is 0.997. The molecule has 1 aromatic heterocycles. The molecule has 0 unspecified atom stereocenters. The fourth-order valence-electron chi connectivity index (χ4n) is 3.07. The Morgan fingerprint density at radius 1 is 1.00 bits per heavy atom. The second kappa shape index (κ2) is 5.71. The lowest BCUT2D eigenvalue weighted by Crippen LogP contribution is -2.46. The van der Waals surface area contributed by atoms with Gasteiger partial charge in [-0.1, -0.05) is 18.2 Å². The maximum absolute atomic E-state index is 5.14. The molecular formula is C17H22N2O. The Morgan fingerprint density at radius 2 is 1.70 bits per heavy atom. The summed E-state index contributed by atoms with van der Waals surface area (Å²) in [6, 6.07) is 8.61. The smallest absolute Gasteiger partial charge is 0.0947 e. The van der Waals surface area contributed by atoms with E-state index in [-0.39, 0.29) is 0 Å². The molecule has 106 valence electrons. The summed E-state index contributed by atoms with van der Waals surface area (Å²) in [6.45, 7) is 9.84. The van der Waals surface area contributed by atoms with E-state index in [1.165, 1.54) is 22.4 Å². The van der Waals surface area contributed by atoms with Crippen LogP contribution in [0.1, 0.15) is 16.7 Å². The van der Waals surface area contributed by atoms with Crippen molar-refractivity contribution in [1.29, 1.82) is 0 Å². The Balaban J connectivity index is 1.64. The van der Waals surface area contributed by atoms with Crippen LogP contribution in [0.4, 0.5) is 5.69 Å². The van der Waals surface area contributed by atoms with E-state index in [4.69, 9.17) is 4.42 Å². The van der Waals surface area contributed by atoms with Gasteiger partial charge in [-0.15, -0.1) is 0 Å². The second-order valence-electron chi connectivity index (χ2n) is 5.64. The lowest BCUT2D eigenvalue weighted by Gasteiger charge is -2.37. The molecule has 1 aromatic carbocycles. The van der Waals surface area contributed by atoms with E-state index in [1.807, 2.05) is 6.26 Å². The zero-order valence-electron chi connectivity index (χ0n) is 12.3. The van der Waals surface area contributed by atoms with Gasteiger partial charge >= 0.3 is 0 Å². The van der Waals surface area contributed by atoms with Gasteiger partial charge in [-0.25, -0.2) is 0 Å². The van der Waals surface area contributed by atoms with Crippen molar-refractivity contribution in [2.75, 3.05) is 31.1 Å². The first-order chi connectivity index (χ1) is 9.74. The molecule has 20 heavy (non-hydrogen) atoms. The zero-order valence-corrected chi connectivity index (χ0v) is 12.3. The Morgan fingerprint density at radius 3 is 2.30 bits per heavy atom. The minimum Gasteiger partial charge on any atom is -0.472 e. The molecule has 3 rings (SSSR count). The van der Waals surface area contributed by atoms with Crippen molar-refractivity contribution in [1.82, 2.24) is 4.90 Å². The molecule has 2 heterocycles. The first-order valence-corrected chi connectivity index (χ1v) is 7.28. The van der Waals surface area contributed by atoms with Crippen LogP contribution in [0.25, 0.3) is 0 Å². The molecule has 2 aromatic rings. The first-order valence-electron chi connectivity index (χ1n) is 7.28. The summed E-state index contributed by atoms with van der Waals surface area (Å²) in [5.41, 5.74) is 5.46. The average molecular weight is 270 g/mol. The van der Waals surface area contributed by atoms with Crippen LogP contribution in [0.15, 0.2) is 41.2 Å². The predicted molar refractivity (Wildman–Crippen MR) is 82.1 cm³/mol. The molecule has 0 N–H and O–H groups in total. The Kier molecular flexibility index (Phi) is 3.79. The quantitative estimate of drug-likeness (QED) is 0.854. The third kappa shape index (κ3) is 2.73. The van der Waals surface area contributed by atoms with Crippen molar-refractivity contribution < 1.29 is 4.42 Å². The number of benzene rings is 1. The molecule has 1 aliphatic rings. The minimum atomic E-state index is 0.997. The van der Waals surface area contributed by atoms with Gasteiger partial charge in [0.2, 0.25) is 0 Å². The van der Waals surface area contributed by atoms with Crippen LogP contribution in [-0.4, -0.2) is 31.1 Å². The highest BCUT2D eigenvalue weighted by atomic mass is 16.3. The van der Waals surface area contributed by atoms with Crippen molar-refractivity contribution in [2.24, 2.45) is 0 Å². The first kappa shape index (κ1) is 13.3. The third-order valence-electron chi connectivity index (χ3n) is 4.11. The van der Waals surface area contributed by atoms with E-state index in [2.05, 4.69) is 47.9 Å². The largest absolute Gasteiger partial charge is 0.472 e. The second-order valence-corrected chi connectivity index (χ2v) is 5.64. The van der Waals surface area contributed by atoms with Crippen LogP contribution >= 0.6 is 0 Å². The highest BCUT2D eigenvalue weighted by molar-refractivity contribution is 5.59. The number of hydrogen-bond donors (Lipinski definition) is 0. The third-order valence-corrected chi connectivity index (χ3v) is 4.11. The summed E-state index contributed by atoms with van der Waals surface area (Å²) in [5, 5.41) is 0. The maximum Gasteiger partial charge on any atom is 0.0947 e. The molecule has 0 aliphatic carbocycles. The van der Waals surface area contributed by atoms with Crippen LogP contribution in [0.3, 0.4) is 0 Å². The molecule has 3 nitrogen and oxygen atoms in total. The topological polar surface area (TPSA) is 19.6 Å². The Bertz CT molecular complexity index is 534. The highest BCUT2D eigenvalue weighted by Crippen LogP contribution is 2.25. The van der Waals surface area contributed by atoms with Crippen LogP contribution < -0.4 is 4.90 Å². The molecule has 0 amide bonds. The average Bonchev–Trinajstić information content (AvgIpc) is 2.93. The fourth-order valence-corrected chi connectivity index (χ4v) is 3.07. The molecule has 0 bridgehead atoms. The number of rotatable bonds is 3. The van der Waals surface area contributed by atoms with Crippen LogP contribution in [0.5, 0.6) is 0 Å². The predicted octanol–water partition coefficient (Wildman–Crippen LogP) is 3.22.